The molecule has 0 radical (unpaired) electrons. The normalized spacial score (nSPS) is 33.0. The maximum atomic E-state index is 11.9. The van der Waals surface area contributed by atoms with Crippen molar-refractivity contribution < 1.29 is 14.3 Å². The maximum Gasteiger partial charge on any atom is 0.231 e. The molecule has 0 aromatic carbocycles. The number of amides is 1. The van der Waals surface area contributed by atoms with Gasteiger partial charge >= 0.3 is 0 Å². The molecule has 2 aliphatic heterocycles. The van der Waals surface area contributed by atoms with E-state index in [9.17, 15) is 4.79 Å². The predicted molar refractivity (Wildman–Crippen MR) is 48.5 cm³/mol. The number of hydrogen-bond donors (Lipinski definition) is 1. The summed E-state index contributed by atoms with van der Waals surface area (Å²) in [5, 5.41) is 2.90. The van der Waals surface area contributed by atoms with Crippen LogP contribution in [0.2, 0.25) is 0 Å². The molecule has 2 spiro atoms. The molecule has 3 rings (SSSR count). The molecule has 0 unspecified atom stereocenters. The number of ether oxygens (including phenoxy) is 2. The summed E-state index contributed by atoms with van der Waals surface area (Å²) in [5.74, 6) is -0.488. The highest BCUT2D eigenvalue weighted by Crippen LogP contribution is 2.52. The van der Waals surface area contributed by atoms with Crippen LogP contribution >= 0.6 is 0 Å². The first kappa shape index (κ1) is 8.68. The van der Waals surface area contributed by atoms with Crippen molar-refractivity contribution in [3.05, 3.63) is 0 Å². The Hall–Kier alpha value is -0.610. The van der Waals surface area contributed by atoms with Crippen LogP contribution in [0.4, 0.5) is 0 Å². The van der Waals surface area contributed by atoms with Crippen LogP contribution < -0.4 is 5.32 Å². The summed E-state index contributed by atoms with van der Waals surface area (Å²) >= 11 is 0. The first-order valence-electron chi connectivity index (χ1n) is 5.35. The van der Waals surface area contributed by atoms with Crippen molar-refractivity contribution >= 4 is 5.91 Å². The lowest BCUT2D eigenvalue weighted by atomic mass is 9.79. The second-order valence-electron chi connectivity index (χ2n) is 4.42. The van der Waals surface area contributed by atoms with Gasteiger partial charge in [-0.15, -0.1) is 0 Å². The zero-order valence-electron chi connectivity index (χ0n) is 8.17. The van der Waals surface area contributed by atoms with Gasteiger partial charge in [-0.05, 0) is 12.8 Å². The summed E-state index contributed by atoms with van der Waals surface area (Å²) in [6, 6.07) is 0. The van der Waals surface area contributed by atoms with E-state index in [2.05, 4.69) is 5.32 Å². The molecule has 4 heteroatoms. The van der Waals surface area contributed by atoms with Gasteiger partial charge in [0.2, 0.25) is 11.7 Å². The summed E-state index contributed by atoms with van der Waals surface area (Å²) in [6.45, 7) is 1.78. The molecule has 14 heavy (non-hydrogen) atoms. The zero-order valence-corrected chi connectivity index (χ0v) is 8.17. The topological polar surface area (TPSA) is 47.6 Å². The first-order valence-corrected chi connectivity index (χ1v) is 5.35. The smallest absolute Gasteiger partial charge is 0.231 e. The van der Waals surface area contributed by atoms with E-state index in [4.69, 9.17) is 9.47 Å². The van der Waals surface area contributed by atoms with E-state index >= 15 is 0 Å². The Morgan fingerprint density at radius 2 is 1.79 bits per heavy atom. The van der Waals surface area contributed by atoms with Gasteiger partial charge in [0.05, 0.1) is 19.8 Å². The van der Waals surface area contributed by atoms with Gasteiger partial charge in [-0.2, -0.15) is 0 Å². The Labute approximate surface area is 82.9 Å². The van der Waals surface area contributed by atoms with E-state index in [0.717, 1.165) is 25.7 Å². The van der Waals surface area contributed by atoms with E-state index in [1.54, 1.807) is 0 Å². The summed E-state index contributed by atoms with van der Waals surface area (Å²) in [7, 11) is 0. The third-order valence-electron chi connectivity index (χ3n) is 3.86. The monoisotopic (exact) mass is 197 g/mol. The first-order chi connectivity index (χ1) is 6.79. The molecule has 78 valence electrons. The summed E-state index contributed by atoms with van der Waals surface area (Å²) in [6.07, 6.45) is 4.06. The second kappa shape index (κ2) is 2.70. The van der Waals surface area contributed by atoms with Gasteiger partial charge in [0.15, 0.2) is 0 Å². The Morgan fingerprint density at radius 3 is 2.43 bits per heavy atom. The molecule has 2 saturated heterocycles. The lowest BCUT2D eigenvalue weighted by Gasteiger charge is -2.35. The molecule has 3 fully saturated rings. The number of nitrogens with one attached hydrogen (secondary N) is 1. The SMILES string of the molecule is O=C1NCC2(OCCO2)C12CCCC2. The van der Waals surface area contributed by atoms with E-state index in [1.165, 1.54) is 0 Å². The minimum absolute atomic E-state index is 0.136. The molecule has 4 nitrogen and oxygen atoms in total. The Bertz CT molecular complexity index is 265. The minimum atomic E-state index is -0.624. The van der Waals surface area contributed by atoms with Crippen LogP contribution in [0.15, 0.2) is 0 Å². The van der Waals surface area contributed by atoms with Crippen molar-refractivity contribution in [1.29, 1.82) is 0 Å². The van der Waals surface area contributed by atoms with Crippen molar-refractivity contribution in [2.24, 2.45) is 5.41 Å². The maximum absolute atomic E-state index is 11.9. The van der Waals surface area contributed by atoms with E-state index in [1.807, 2.05) is 0 Å². The van der Waals surface area contributed by atoms with Crippen molar-refractivity contribution in [2.45, 2.75) is 31.5 Å². The molecule has 3 aliphatic rings. The largest absolute Gasteiger partial charge is 0.350 e. The predicted octanol–water partition coefficient (Wildman–Crippen LogP) is 0.420. The molecule has 2 heterocycles. The third kappa shape index (κ3) is 0.834. The third-order valence-corrected chi connectivity index (χ3v) is 3.86. The van der Waals surface area contributed by atoms with Gasteiger partial charge in [0.25, 0.3) is 0 Å². The van der Waals surface area contributed by atoms with Crippen LogP contribution in [0.1, 0.15) is 25.7 Å². The van der Waals surface area contributed by atoms with Gasteiger partial charge in [-0.25, -0.2) is 0 Å². The molecule has 0 aromatic rings. The van der Waals surface area contributed by atoms with Crippen LogP contribution in [-0.2, 0) is 14.3 Å². The molecule has 0 bridgehead atoms. The number of hydrogen-bond acceptors (Lipinski definition) is 3. The lowest BCUT2D eigenvalue weighted by molar-refractivity contribution is -0.209. The van der Waals surface area contributed by atoms with Crippen molar-refractivity contribution in [2.75, 3.05) is 19.8 Å². The fourth-order valence-corrected chi connectivity index (χ4v) is 3.13. The molecular formula is C10H15NO3. The molecule has 1 aliphatic carbocycles. The lowest BCUT2D eigenvalue weighted by Crippen LogP contribution is -2.48. The van der Waals surface area contributed by atoms with Crippen LogP contribution in [0.25, 0.3) is 0 Å². The highest BCUT2D eigenvalue weighted by molar-refractivity contribution is 5.86. The van der Waals surface area contributed by atoms with Gasteiger partial charge in [-0.3, -0.25) is 4.79 Å². The zero-order chi connectivity index (χ0) is 9.65. The average molecular weight is 197 g/mol. The fourth-order valence-electron chi connectivity index (χ4n) is 3.13. The van der Waals surface area contributed by atoms with E-state index in [-0.39, 0.29) is 11.3 Å². The quantitative estimate of drug-likeness (QED) is 0.612. The highest BCUT2D eigenvalue weighted by atomic mass is 16.7. The standard InChI is InChI=1S/C10H15NO3/c12-8-9(3-1-2-4-9)10(7-11-8)13-5-6-14-10/h1-7H2,(H,11,12). The van der Waals surface area contributed by atoms with E-state index < -0.39 is 5.79 Å². The van der Waals surface area contributed by atoms with Crippen molar-refractivity contribution in [1.82, 2.24) is 5.32 Å². The number of rotatable bonds is 0. The number of carbonyl (C=O) groups is 1. The van der Waals surface area contributed by atoms with Crippen molar-refractivity contribution in [3.63, 3.8) is 0 Å². The van der Waals surface area contributed by atoms with E-state index in [0.29, 0.717) is 19.8 Å². The van der Waals surface area contributed by atoms with Crippen LogP contribution in [-0.4, -0.2) is 31.5 Å². The molecule has 1 N–H and O–H groups in total. The molecule has 1 saturated carbocycles. The molecule has 1 amide bonds. The van der Waals surface area contributed by atoms with Gasteiger partial charge < -0.3 is 14.8 Å². The summed E-state index contributed by atoms with van der Waals surface area (Å²) in [4.78, 5) is 11.9. The number of fused-ring (bicyclic) bond motifs is 1. The van der Waals surface area contributed by atoms with Gasteiger partial charge in [0.1, 0.15) is 5.41 Å². The summed E-state index contributed by atoms with van der Waals surface area (Å²) < 4.78 is 11.4. The Morgan fingerprint density at radius 1 is 1.14 bits per heavy atom. The Balaban J connectivity index is 2.01. The number of carbonyl (C=O) groups excluding carboxylic acids is 1. The molecule has 0 atom stereocenters. The minimum Gasteiger partial charge on any atom is -0.350 e. The Kier molecular flexibility index (Phi) is 1.67. The van der Waals surface area contributed by atoms with Crippen LogP contribution in [0.5, 0.6) is 0 Å². The van der Waals surface area contributed by atoms with Crippen molar-refractivity contribution in [3.8, 4) is 0 Å². The highest BCUT2D eigenvalue weighted by Gasteiger charge is 2.65. The molecular weight excluding hydrogens is 182 g/mol. The van der Waals surface area contributed by atoms with Crippen LogP contribution in [0.3, 0.4) is 0 Å². The summed E-state index contributed by atoms with van der Waals surface area (Å²) in [5.41, 5.74) is -0.372. The second-order valence-corrected chi connectivity index (χ2v) is 4.42. The van der Waals surface area contributed by atoms with Gasteiger partial charge in [0, 0.05) is 0 Å². The fraction of sp³-hybridized carbons (Fsp3) is 0.900. The van der Waals surface area contributed by atoms with Crippen LogP contribution in [0, 0.1) is 5.41 Å². The molecule has 0 aromatic heterocycles. The average Bonchev–Trinajstić information content (AvgIpc) is 2.88. The van der Waals surface area contributed by atoms with Gasteiger partial charge in [-0.1, -0.05) is 12.8 Å².